The summed E-state index contributed by atoms with van der Waals surface area (Å²) in [4.78, 5) is 24.9. The molecule has 0 aromatic heterocycles. The van der Waals surface area contributed by atoms with Gasteiger partial charge >= 0.3 is 0 Å². The van der Waals surface area contributed by atoms with E-state index < -0.39 is 0 Å². The van der Waals surface area contributed by atoms with Crippen LogP contribution in [0.15, 0.2) is 72.8 Å². The number of rotatable bonds is 5. The number of amides is 2. The molecular weight excluding hydrogens is 364 g/mol. The monoisotopic (exact) mass is 380 g/mol. The smallest absolute Gasteiger partial charge is 0.259 e. The Hall–Kier alpha value is -3.31. The van der Waals surface area contributed by atoms with E-state index in [-0.39, 0.29) is 11.8 Å². The topological polar surface area (TPSA) is 67.4 Å². The van der Waals surface area contributed by atoms with Crippen molar-refractivity contribution in [1.29, 1.82) is 0 Å². The molecule has 0 bridgehead atoms. The average molecular weight is 381 g/mol. The summed E-state index contributed by atoms with van der Waals surface area (Å²) in [6.45, 7) is 0. The predicted molar refractivity (Wildman–Crippen MR) is 107 cm³/mol. The lowest BCUT2D eigenvalue weighted by atomic mass is 10.1. The lowest BCUT2D eigenvalue weighted by Gasteiger charge is -2.12. The lowest BCUT2D eigenvalue weighted by Crippen LogP contribution is -2.15. The van der Waals surface area contributed by atoms with Crippen LogP contribution in [0.25, 0.3) is 0 Å². The number of carbonyl (C=O) groups excluding carboxylic acids is 2. The quantitative estimate of drug-likeness (QED) is 0.664. The molecule has 0 spiro atoms. The van der Waals surface area contributed by atoms with Crippen LogP contribution in [0.2, 0.25) is 5.02 Å². The second-order valence-electron chi connectivity index (χ2n) is 5.67. The Morgan fingerprint density at radius 3 is 2.30 bits per heavy atom. The van der Waals surface area contributed by atoms with Crippen LogP contribution in [0.1, 0.15) is 20.7 Å². The summed E-state index contributed by atoms with van der Waals surface area (Å²) < 4.78 is 5.21. The summed E-state index contributed by atoms with van der Waals surface area (Å²) in [5.74, 6) is -0.137. The molecule has 0 unspecified atom stereocenters. The molecule has 0 aliphatic rings. The third kappa shape index (κ3) is 4.46. The second kappa shape index (κ2) is 8.38. The van der Waals surface area contributed by atoms with E-state index in [0.717, 1.165) is 0 Å². The lowest BCUT2D eigenvalue weighted by molar-refractivity contribution is 0.101. The standard InChI is InChI=1S/C21H17ClN2O3/c1-27-19-10-6-5-9-16(19)21(26)23-15-11-12-17(22)18(13-15)24-20(25)14-7-3-2-4-8-14/h2-13H,1H3,(H,23,26)(H,24,25). The van der Waals surface area contributed by atoms with Crippen LogP contribution < -0.4 is 15.4 Å². The van der Waals surface area contributed by atoms with Crippen molar-refractivity contribution in [2.24, 2.45) is 0 Å². The van der Waals surface area contributed by atoms with Crippen molar-refractivity contribution in [2.45, 2.75) is 0 Å². The van der Waals surface area contributed by atoms with Crippen molar-refractivity contribution in [3.05, 3.63) is 88.9 Å². The van der Waals surface area contributed by atoms with Crippen molar-refractivity contribution < 1.29 is 14.3 Å². The fourth-order valence-electron chi connectivity index (χ4n) is 2.51. The first kappa shape index (κ1) is 18.5. The Kier molecular flexibility index (Phi) is 5.74. The van der Waals surface area contributed by atoms with Gasteiger partial charge in [0.25, 0.3) is 11.8 Å². The molecule has 5 nitrogen and oxygen atoms in total. The zero-order valence-corrected chi connectivity index (χ0v) is 15.3. The summed E-state index contributed by atoms with van der Waals surface area (Å²) >= 11 is 6.18. The van der Waals surface area contributed by atoms with E-state index in [2.05, 4.69) is 10.6 Å². The third-order valence-corrected chi connectivity index (χ3v) is 4.19. The predicted octanol–water partition coefficient (Wildman–Crippen LogP) is 4.85. The van der Waals surface area contributed by atoms with Crippen molar-refractivity contribution in [3.63, 3.8) is 0 Å². The van der Waals surface area contributed by atoms with Gasteiger partial charge in [-0.05, 0) is 42.5 Å². The number of nitrogens with one attached hydrogen (secondary N) is 2. The molecule has 0 atom stereocenters. The van der Waals surface area contributed by atoms with Gasteiger partial charge in [0.2, 0.25) is 0 Å². The highest BCUT2D eigenvalue weighted by atomic mass is 35.5. The molecule has 136 valence electrons. The minimum absolute atomic E-state index is 0.286. The van der Waals surface area contributed by atoms with Gasteiger partial charge in [-0.1, -0.05) is 41.9 Å². The summed E-state index contributed by atoms with van der Waals surface area (Å²) in [5, 5.41) is 5.91. The molecule has 6 heteroatoms. The minimum Gasteiger partial charge on any atom is -0.496 e. The average Bonchev–Trinajstić information content (AvgIpc) is 2.71. The Labute approximate surface area is 161 Å². The Morgan fingerprint density at radius 2 is 1.56 bits per heavy atom. The number of ether oxygens (including phenoxy) is 1. The van der Waals surface area contributed by atoms with Gasteiger partial charge in [-0.25, -0.2) is 0 Å². The molecule has 3 rings (SSSR count). The van der Waals surface area contributed by atoms with E-state index >= 15 is 0 Å². The first-order chi connectivity index (χ1) is 13.1. The van der Waals surface area contributed by atoms with Gasteiger partial charge in [0.1, 0.15) is 5.75 Å². The molecule has 0 saturated heterocycles. The Bertz CT molecular complexity index is 974. The number of anilines is 2. The van der Waals surface area contributed by atoms with Crippen LogP contribution in [0.3, 0.4) is 0 Å². The zero-order valence-electron chi connectivity index (χ0n) is 14.5. The normalized spacial score (nSPS) is 10.1. The molecule has 0 aliphatic heterocycles. The summed E-state index contributed by atoms with van der Waals surface area (Å²) in [6.07, 6.45) is 0. The fourth-order valence-corrected chi connectivity index (χ4v) is 2.68. The highest BCUT2D eigenvalue weighted by Gasteiger charge is 2.13. The summed E-state index contributed by atoms with van der Waals surface area (Å²) in [7, 11) is 1.51. The van der Waals surface area contributed by atoms with Gasteiger partial charge in [0.15, 0.2) is 0 Å². The van der Waals surface area contributed by atoms with Crippen molar-refractivity contribution >= 4 is 34.8 Å². The Balaban J connectivity index is 1.79. The van der Waals surface area contributed by atoms with Crippen LogP contribution in [0.4, 0.5) is 11.4 Å². The molecule has 0 saturated carbocycles. The molecule has 3 aromatic carbocycles. The fraction of sp³-hybridized carbons (Fsp3) is 0.0476. The minimum atomic E-state index is -0.324. The van der Waals surface area contributed by atoms with E-state index in [4.69, 9.17) is 16.3 Å². The number of hydrogen-bond donors (Lipinski definition) is 2. The van der Waals surface area contributed by atoms with Crippen LogP contribution >= 0.6 is 11.6 Å². The van der Waals surface area contributed by atoms with Gasteiger partial charge in [-0.3, -0.25) is 9.59 Å². The highest BCUT2D eigenvalue weighted by Crippen LogP contribution is 2.27. The van der Waals surface area contributed by atoms with Gasteiger partial charge in [0, 0.05) is 11.3 Å². The molecule has 2 amide bonds. The van der Waals surface area contributed by atoms with Gasteiger partial charge < -0.3 is 15.4 Å². The van der Waals surface area contributed by atoms with Crippen LogP contribution in [0.5, 0.6) is 5.75 Å². The number of para-hydroxylation sites is 1. The van der Waals surface area contributed by atoms with E-state index in [9.17, 15) is 9.59 Å². The molecule has 0 aliphatic carbocycles. The zero-order chi connectivity index (χ0) is 19.2. The van der Waals surface area contributed by atoms with E-state index in [1.165, 1.54) is 7.11 Å². The van der Waals surface area contributed by atoms with Gasteiger partial charge in [-0.15, -0.1) is 0 Å². The van der Waals surface area contributed by atoms with E-state index in [1.54, 1.807) is 66.7 Å². The first-order valence-electron chi connectivity index (χ1n) is 8.19. The maximum atomic E-state index is 12.5. The van der Waals surface area contributed by atoms with Crippen molar-refractivity contribution in [3.8, 4) is 5.75 Å². The highest BCUT2D eigenvalue weighted by molar-refractivity contribution is 6.34. The SMILES string of the molecule is COc1ccccc1C(=O)Nc1ccc(Cl)c(NC(=O)c2ccccc2)c1. The summed E-state index contributed by atoms with van der Waals surface area (Å²) in [6, 6.07) is 20.6. The molecule has 0 fully saturated rings. The van der Waals surface area contributed by atoms with E-state index in [1.807, 2.05) is 6.07 Å². The van der Waals surface area contributed by atoms with Crippen molar-refractivity contribution in [1.82, 2.24) is 0 Å². The first-order valence-corrected chi connectivity index (χ1v) is 8.56. The second-order valence-corrected chi connectivity index (χ2v) is 6.08. The van der Waals surface area contributed by atoms with Gasteiger partial charge in [0.05, 0.1) is 23.4 Å². The molecule has 0 radical (unpaired) electrons. The molecular formula is C21H17ClN2O3. The third-order valence-electron chi connectivity index (χ3n) is 3.86. The van der Waals surface area contributed by atoms with Crippen LogP contribution in [-0.4, -0.2) is 18.9 Å². The molecule has 3 aromatic rings. The molecule has 0 heterocycles. The summed E-state index contributed by atoms with van der Waals surface area (Å²) in [5.41, 5.74) is 1.82. The number of carbonyl (C=O) groups is 2. The van der Waals surface area contributed by atoms with Crippen LogP contribution in [-0.2, 0) is 0 Å². The Morgan fingerprint density at radius 1 is 0.852 bits per heavy atom. The maximum Gasteiger partial charge on any atom is 0.259 e. The number of halogens is 1. The number of benzene rings is 3. The van der Waals surface area contributed by atoms with Crippen molar-refractivity contribution in [2.75, 3.05) is 17.7 Å². The number of hydrogen-bond acceptors (Lipinski definition) is 3. The van der Waals surface area contributed by atoms with Gasteiger partial charge in [-0.2, -0.15) is 0 Å². The maximum absolute atomic E-state index is 12.5. The largest absolute Gasteiger partial charge is 0.496 e. The van der Waals surface area contributed by atoms with E-state index in [0.29, 0.717) is 33.3 Å². The number of methoxy groups -OCH3 is 1. The van der Waals surface area contributed by atoms with Crippen LogP contribution in [0, 0.1) is 0 Å². The molecule has 2 N–H and O–H groups in total. The molecule has 27 heavy (non-hydrogen) atoms.